The maximum absolute atomic E-state index is 12.6. The summed E-state index contributed by atoms with van der Waals surface area (Å²) in [5.41, 5.74) is 0.858. The number of hydrogen-bond donors (Lipinski definition) is 0. The number of rotatable bonds is 6. The molecule has 0 amide bonds. The first kappa shape index (κ1) is 16.2. The van der Waals surface area contributed by atoms with Crippen LogP contribution in [-0.2, 0) is 12.3 Å². The zero-order valence-electron chi connectivity index (χ0n) is 12.9. The van der Waals surface area contributed by atoms with E-state index in [9.17, 15) is 4.79 Å². The van der Waals surface area contributed by atoms with Crippen LogP contribution in [0.5, 0.6) is 0 Å². The van der Waals surface area contributed by atoms with Gasteiger partial charge in [-0.1, -0.05) is 23.0 Å². The molecule has 0 radical (unpaired) electrons. The van der Waals surface area contributed by atoms with Crippen LogP contribution in [0.2, 0.25) is 0 Å². The van der Waals surface area contributed by atoms with Gasteiger partial charge in [0.25, 0.3) is 11.4 Å². The van der Waals surface area contributed by atoms with Gasteiger partial charge >= 0.3 is 0 Å². The summed E-state index contributed by atoms with van der Waals surface area (Å²) in [4.78, 5) is 22.3. The molecule has 0 saturated heterocycles. The SMILES string of the molecule is C=CCn1c(SCc2noc(-c3ccsc3)n2)nc2sccc2c1=O. The van der Waals surface area contributed by atoms with Gasteiger partial charge in [0.1, 0.15) is 4.83 Å². The lowest BCUT2D eigenvalue weighted by Crippen LogP contribution is -2.22. The highest BCUT2D eigenvalue weighted by Gasteiger charge is 2.14. The van der Waals surface area contributed by atoms with E-state index in [1.807, 2.05) is 22.2 Å². The Kier molecular flexibility index (Phi) is 4.51. The van der Waals surface area contributed by atoms with Crippen LogP contribution in [0.1, 0.15) is 5.82 Å². The van der Waals surface area contributed by atoms with Crippen LogP contribution in [0.3, 0.4) is 0 Å². The fourth-order valence-electron chi connectivity index (χ4n) is 2.28. The van der Waals surface area contributed by atoms with Crippen molar-refractivity contribution in [1.29, 1.82) is 0 Å². The maximum Gasteiger partial charge on any atom is 0.263 e. The van der Waals surface area contributed by atoms with Gasteiger partial charge in [-0.25, -0.2) is 4.98 Å². The number of fused-ring (bicyclic) bond motifs is 1. The highest BCUT2D eigenvalue weighted by molar-refractivity contribution is 7.98. The molecule has 25 heavy (non-hydrogen) atoms. The van der Waals surface area contributed by atoms with Gasteiger partial charge < -0.3 is 4.52 Å². The third kappa shape index (κ3) is 3.17. The summed E-state index contributed by atoms with van der Waals surface area (Å²) in [5, 5.41) is 11.1. The molecular weight excluding hydrogens is 376 g/mol. The van der Waals surface area contributed by atoms with Gasteiger partial charge in [0.15, 0.2) is 11.0 Å². The molecule has 126 valence electrons. The second-order valence-electron chi connectivity index (χ2n) is 5.05. The summed E-state index contributed by atoms with van der Waals surface area (Å²) in [6.07, 6.45) is 1.69. The van der Waals surface area contributed by atoms with E-state index >= 15 is 0 Å². The van der Waals surface area contributed by atoms with Gasteiger partial charge in [0.2, 0.25) is 0 Å². The lowest BCUT2D eigenvalue weighted by molar-refractivity contribution is 0.425. The first-order valence-electron chi connectivity index (χ1n) is 7.33. The smallest absolute Gasteiger partial charge is 0.263 e. The largest absolute Gasteiger partial charge is 0.334 e. The number of nitrogens with zero attached hydrogens (tertiary/aromatic N) is 4. The Morgan fingerprint density at radius 2 is 2.24 bits per heavy atom. The number of allylic oxidation sites excluding steroid dienone is 1. The van der Waals surface area contributed by atoms with E-state index in [0.717, 1.165) is 10.4 Å². The van der Waals surface area contributed by atoms with Crippen molar-refractivity contribution in [2.45, 2.75) is 17.5 Å². The van der Waals surface area contributed by atoms with E-state index in [4.69, 9.17) is 4.52 Å². The molecule has 4 heterocycles. The van der Waals surface area contributed by atoms with Gasteiger partial charge in [-0.15, -0.1) is 17.9 Å². The normalized spacial score (nSPS) is 11.2. The standard InChI is InChI=1S/C16H12N4O2S3/c1-2-5-20-15(21)11-4-7-24-14(11)18-16(20)25-9-12-17-13(22-19-12)10-3-6-23-8-10/h2-4,6-8H,1,5,9H2. The number of thioether (sulfide) groups is 1. The summed E-state index contributed by atoms with van der Waals surface area (Å²) in [5.74, 6) is 1.53. The van der Waals surface area contributed by atoms with Gasteiger partial charge in [-0.05, 0) is 22.9 Å². The molecule has 4 aromatic heterocycles. The summed E-state index contributed by atoms with van der Waals surface area (Å²) in [7, 11) is 0. The van der Waals surface area contributed by atoms with Crippen molar-refractivity contribution in [3.8, 4) is 11.5 Å². The Morgan fingerprint density at radius 1 is 1.32 bits per heavy atom. The fraction of sp³-hybridized carbons (Fsp3) is 0.125. The van der Waals surface area contributed by atoms with Gasteiger partial charge in [0, 0.05) is 11.9 Å². The topological polar surface area (TPSA) is 73.8 Å². The Balaban J connectivity index is 1.61. The van der Waals surface area contributed by atoms with E-state index in [-0.39, 0.29) is 5.56 Å². The predicted molar refractivity (Wildman–Crippen MR) is 101 cm³/mol. The molecule has 0 aliphatic carbocycles. The lowest BCUT2D eigenvalue weighted by atomic mass is 10.3. The van der Waals surface area contributed by atoms with E-state index in [1.54, 1.807) is 28.0 Å². The lowest BCUT2D eigenvalue weighted by Gasteiger charge is -2.08. The summed E-state index contributed by atoms with van der Waals surface area (Å²) >= 11 is 4.44. The zero-order valence-corrected chi connectivity index (χ0v) is 15.4. The van der Waals surface area contributed by atoms with Crippen molar-refractivity contribution in [3.05, 3.63) is 57.1 Å². The van der Waals surface area contributed by atoms with E-state index in [2.05, 4.69) is 21.7 Å². The Hall–Kier alpha value is -2.23. The molecular formula is C16H12N4O2S3. The average molecular weight is 388 g/mol. The molecule has 0 bridgehead atoms. The molecule has 0 aliphatic rings. The molecule has 0 spiro atoms. The molecule has 6 nitrogen and oxygen atoms in total. The first-order valence-corrected chi connectivity index (χ1v) is 10.1. The van der Waals surface area contributed by atoms with Crippen molar-refractivity contribution in [2.75, 3.05) is 0 Å². The Morgan fingerprint density at radius 3 is 3.04 bits per heavy atom. The average Bonchev–Trinajstić information content (AvgIpc) is 3.36. The molecule has 4 aromatic rings. The van der Waals surface area contributed by atoms with E-state index in [1.165, 1.54) is 23.1 Å². The van der Waals surface area contributed by atoms with Crippen molar-refractivity contribution in [1.82, 2.24) is 19.7 Å². The molecule has 0 atom stereocenters. The predicted octanol–water partition coefficient (Wildman–Crippen LogP) is 4.05. The summed E-state index contributed by atoms with van der Waals surface area (Å²) in [6, 6.07) is 3.73. The van der Waals surface area contributed by atoms with Crippen molar-refractivity contribution in [3.63, 3.8) is 0 Å². The van der Waals surface area contributed by atoms with Gasteiger partial charge in [0.05, 0.1) is 16.7 Å². The minimum atomic E-state index is -0.0549. The highest BCUT2D eigenvalue weighted by Crippen LogP contribution is 2.25. The molecule has 0 saturated carbocycles. The van der Waals surface area contributed by atoms with E-state index < -0.39 is 0 Å². The Bertz CT molecular complexity index is 1080. The molecule has 0 fully saturated rings. The van der Waals surface area contributed by atoms with Crippen LogP contribution in [-0.4, -0.2) is 19.7 Å². The van der Waals surface area contributed by atoms with Crippen LogP contribution in [0, 0.1) is 0 Å². The number of thiophene rings is 2. The highest BCUT2D eigenvalue weighted by atomic mass is 32.2. The third-order valence-electron chi connectivity index (χ3n) is 3.43. The first-order chi connectivity index (χ1) is 12.3. The summed E-state index contributed by atoms with van der Waals surface area (Å²) < 4.78 is 6.90. The fourth-order valence-corrected chi connectivity index (χ4v) is 4.56. The maximum atomic E-state index is 12.6. The minimum absolute atomic E-state index is 0.0549. The zero-order chi connectivity index (χ0) is 17.2. The van der Waals surface area contributed by atoms with Crippen LogP contribution >= 0.6 is 34.4 Å². The minimum Gasteiger partial charge on any atom is -0.334 e. The van der Waals surface area contributed by atoms with Crippen molar-refractivity contribution >= 4 is 44.7 Å². The van der Waals surface area contributed by atoms with E-state index in [0.29, 0.717) is 34.6 Å². The van der Waals surface area contributed by atoms with Crippen LogP contribution in [0.15, 0.2) is 55.4 Å². The molecule has 0 N–H and O–H groups in total. The summed E-state index contributed by atoms with van der Waals surface area (Å²) in [6.45, 7) is 4.13. The molecule has 4 rings (SSSR count). The van der Waals surface area contributed by atoms with Crippen molar-refractivity contribution in [2.24, 2.45) is 0 Å². The van der Waals surface area contributed by atoms with Crippen LogP contribution in [0.4, 0.5) is 0 Å². The second-order valence-corrected chi connectivity index (χ2v) is 7.67. The van der Waals surface area contributed by atoms with Crippen LogP contribution in [0.25, 0.3) is 21.7 Å². The third-order valence-corrected chi connectivity index (χ3v) is 5.89. The van der Waals surface area contributed by atoms with Crippen LogP contribution < -0.4 is 5.56 Å². The number of aromatic nitrogens is 4. The number of hydrogen-bond acceptors (Lipinski definition) is 8. The second kappa shape index (κ2) is 6.95. The monoisotopic (exact) mass is 388 g/mol. The molecule has 0 unspecified atom stereocenters. The molecule has 0 aromatic carbocycles. The quantitative estimate of drug-likeness (QED) is 0.282. The van der Waals surface area contributed by atoms with Gasteiger partial charge in [-0.2, -0.15) is 16.3 Å². The Labute approximate surface area is 154 Å². The van der Waals surface area contributed by atoms with Gasteiger partial charge in [-0.3, -0.25) is 9.36 Å². The molecule has 9 heteroatoms. The van der Waals surface area contributed by atoms with Crippen molar-refractivity contribution < 1.29 is 4.52 Å². The molecule has 0 aliphatic heterocycles.